The van der Waals surface area contributed by atoms with Crippen LogP contribution >= 0.6 is 23.4 Å². The molecule has 1 aromatic carbocycles. The second-order valence-electron chi connectivity index (χ2n) is 3.93. The van der Waals surface area contributed by atoms with Crippen LogP contribution in [0.5, 0.6) is 0 Å². The number of nitrogens with one attached hydrogen (secondary N) is 1. The largest absolute Gasteiger partial charge is 0.322 e. The molecular weight excluding hydrogens is 280 g/mol. The van der Waals surface area contributed by atoms with E-state index in [4.69, 9.17) is 11.6 Å². The minimum Gasteiger partial charge on any atom is -0.322 e. The van der Waals surface area contributed by atoms with Crippen molar-refractivity contribution in [3.8, 4) is 0 Å². The summed E-state index contributed by atoms with van der Waals surface area (Å²) in [6, 6.07) is 8.94. The van der Waals surface area contributed by atoms with Crippen LogP contribution in [0.3, 0.4) is 0 Å². The number of aromatic nitrogens is 1. The van der Waals surface area contributed by atoms with Gasteiger partial charge < -0.3 is 5.32 Å². The van der Waals surface area contributed by atoms with E-state index < -0.39 is 0 Å². The summed E-state index contributed by atoms with van der Waals surface area (Å²) in [6.45, 7) is 1.87. The first-order chi connectivity index (χ1) is 9.13. The molecule has 2 rings (SSSR count). The van der Waals surface area contributed by atoms with Gasteiger partial charge in [-0.3, -0.25) is 4.79 Å². The summed E-state index contributed by atoms with van der Waals surface area (Å²) in [6.07, 6.45) is 3.57. The van der Waals surface area contributed by atoms with Crippen LogP contribution in [0.25, 0.3) is 0 Å². The summed E-state index contributed by atoms with van der Waals surface area (Å²) in [5.74, 6) is -0.178. The van der Waals surface area contributed by atoms with Crippen molar-refractivity contribution in [3.05, 3.63) is 52.7 Å². The topological polar surface area (TPSA) is 42.0 Å². The van der Waals surface area contributed by atoms with Crippen molar-refractivity contribution < 1.29 is 4.79 Å². The zero-order chi connectivity index (χ0) is 13.8. The minimum absolute atomic E-state index is 0.178. The highest BCUT2D eigenvalue weighted by Crippen LogP contribution is 2.24. The van der Waals surface area contributed by atoms with Crippen molar-refractivity contribution in [2.75, 3.05) is 11.6 Å². The standard InChI is InChI=1S/C14H13ClN2OS/c1-9-11(15)6-3-7-12(9)17-13(18)10-5-4-8-16-14(10)19-2/h3-8H,1-2H3,(H,17,18). The molecule has 0 aliphatic heterocycles. The van der Waals surface area contributed by atoms with E-state index in [1.54, 1.807) is 24.4 Å². The monoisotopic (exact) mass is 292 g/mol. The maximum atomic E-state index is 12.2. The number of benzene rings is 1. The fourth-order valence-electron chi connectivity index (χ4n) is 1.66. The van der Waals surface area contributed by atoms with Gasteiger partial charge in [-0.05, 0) is 43.0 Å². The molecule has 98 valence electrons. The molecule has 2 aromatic rings. The number of thioether (sulfide) groups is 1. The maximum Gasteiger partial charge on any atom is 0.258 e. The first-order valence-electron chi connectivity index (χ1n) is 5.69. The third kappa shape index (κ3) is 3.08. The molecule has 0 aliphatic rings. The highest BCUT2D eigenvalue weighted by Gasteiger charge is 2.13. The lowest BCUT2D eigenvalue weighted by Crippen LogP contribution is -2.14. The number of nitrogens with zero attached hydrogens (tertiary/aromatic N) is 1. The summed E-state index contributed by atoms with van der Waals surface area (Å²) in [5.41, 5.74) is 2.13. The molecule has 0 fully saturated rings. The van der Waals surface area contributed by atoms with Crippen LogP contribution in [0.4, 0.5) is 5.69 Å². The van der Waals surface area contributed by atoms with Gasteiger partial charge in [0.05, 0.1) is 5.56 Å². The van der Waals surface area contributed by atoms with Crippen LogP contribution in [0.1, 0.15) is 15.9 Å². The van der Waals surface area contributed by atoms with Crippen molar-refractivity contribution in [1.82, 2.24) is 4.98 Å². The van der Waals surface area contributed by atoms with Gasteiger partial charge in [0.25, 0.3) is 5.91 Å². The molecule has 3 nitrogen and oxygen atoms in total. The van der Waals surface area contributed by atoms with E-state index in [2.05, 4.69) is 10.3 Å². The quantitative estimate of drug-likeness (QED) is 0.869. The van der Waals surface area contributed by atoms with E-state index in [-0.39, 0.29) is 5.91 Å². The van der Waals surface area contributed by atoms with E-state index in [9.17, 15) is 4.79 Å². The number of pyridine rings is 1. The molecule has 0 spiro atoms. The normalized spacial score (nSPS) is 10.3. The van der Waals surface area contributed by atoms with Gasteiger partial charge in [-0.15, -0.1) is 11.8 Å². The van der Waals surface area contributed by atoms with Crippen LogP contribution in [0, 0.1) is 6.92 Å². The van der Waals surface area contributed by atoms with Crippen molar-refractivity contribution in [3.63, 3.8) is 0 Å². The third-order valence-electron chi connectivity index (χ3n) is 2.73. The Labute approximate surface area is 121 Å². The SMILES string of the molecule is CSc1ncccc1C(=O)Nc1cccc(Cl)c1C. The molecule has 1 amide bonds. The van der Waals surface area contributed by atoms with Crippen molar-refractivity contribution >= 4 is 35.0 Å². The van der Waals surface area contributed by atoms with Crippen LogP contribution in [0.2, 0.25) is 5.02 Å². The molecule has 0 atom stereocenters. The van der Waals surface area contributed by atoms with Gasteiger partial charge in [-0.25, -0.2) is 4.98 Å². The van der Waals surface area contributed by atoms with Crippen molar-refractivity contribution in [2.24, 2.45) is 0 Å². The molecule has 0 aliphatic carbocycles. The summed E-state index contributed by atoms with van der Waals surface area (Å²) in [7, 11) is 0. The van der Waals surface area contributed by atoms with Crippen LogP contribution < -0.4 is 5.32 Å². The van der Waals surface area contributed by atoms with Crippen molar-refractivity contribution in [1.29, 1.82) is 0 Å². The van der Waals surface area contributed by atoms with Crippen LogP contribution in [-0.4, -0.2) is 17.1 Å². The number of carbonyl (C=O) groups excluding carboxylic acids is 1. The van der Waals surface area contributed by atoms with Gasteiger partial charge in [-0.1, -0.05) is 17.7 Å². The number of rotatable bonds is 3. The Morgan fingerprint density at radius 1 is 1.32 bits per heavy atom. The Balaban J connectivity index is 2.28. The zero-order valence-corrected chi connectivity index (χ0v) is 12.2. The van der Waals surface area contributed by atoms with Gasteiger partial charge >= 0.3 is 0 Å². The van der Waals surface area contributed by atoms with Gasteiger partial charge in [0.15, 0.2) is 0 Å². The van der Waals surface area contributed by atoms with E-state index in [0.717, 1.165) is 5.56 Å². The average molecular weight is 293 g/mol. The van der Waals surface area contributed by atoms with E-state index in [1.807, 2.05) is 25.3 Å². The number of hydrogen-bond acceptors (Lipinski definition) is 3. The van der Waals surface area contributed by atoms with Gasteiger partial charge in [0.2, 0.25) is 0 Å². The smallest absolute Gasteiger partial charge is 0.258 e. The fourth-order valence-corrected chi connectivity index (χ4v) is 2.38. The zero-order valence-electron chi connectivity index (χ0n) is 10.6. The Bertz CT molecular complexity index is 616. The molecular formula is C14H13ClN2OS. The molecule has 0 saturated heterocycles. The predicted octanol–water partition coefficient (Wildman–Crippen LogP) is 4.02. The number of amides is 1. The third-order valence-corrected chi connectivity index (χ3v) is 3.85. The van der Waals surface area contributed by atoms with Gasteiger partial charge in [-0.2, -0.15) is 0 Å². The molecule has 0 bridgehead atoms. The first-order valence-corrected chi connectivity index (χ1v) is 7.29. The van der Waals surface area contributed by atoms with Gasteiger partial charge in [0.1, 0.15) is 5.03 Å². The summed E-state index contributed by atoms with van der Waals surface area (Å²) in [5, 5.41) is 4.21. The lowest BCUT2D eigenvalue weighted by Gasteiger charge is -2.10. The summed E-state index contributed by atoms with van der Waals surface area (Å²) < 4.78 is 0. The molecule has 0 radical (unpaired) electrons. The lowest BCUT2D eigenvalue weighted by atomic mass is 10.2. The lowest BCUT2D eigenvalue weighted by molar-refractivity contribution is 0.102. The minimum atomic E-state index is -0.178. The van der Waals surface area contributed by atoms with E-state index >= 15 is 0 Å². The van der Waals surface area contributed by atoms with Crippen LogP contribution in [0.15, 0.2) is 41.6 Å². The first kappa shape index (κ1) is 13.9. The predicted molar refractivity (Wildman–Crippen MR) is 80.2 cm³/mol. The Hall–Kier alpha value is -1.52. The van der Waals surface area contributed by atoms with Crippen molar-refractivity contribution in [2.45, 2.75) is 11.9 Å². The summed E-state index contributed by atoms with van der Waals surface area (Å²) >= 11 is 7.48. The molecule has 1 N–H and O–H groups in total. The van der Waals surface area contributed by atoms with E-state index in [0.29, 0.717) is 21.3 Å². The second kappa shape index (κ2) is 6.08. The second-order valence-corrected chi connectivity index (χ2v) is 5.13. The maximum absolute atomic E-state index is 12.2. The van der Waals surface area contributed by atoms with Gasteiger partial charge in [0, 0.05) is 16.9 Å². The number of anilines is 1. The highest BCUT2D eigenvalue weighted by molar-refractivity contribution is 7.98. The number of carbonyl (C=O) groups is 1. The number of halogens is 1. The molecule has 1 heterocycles. The highest BCUT2D eigenvalue weighted by atomic mass is 35.5. The molecule has 0 saturated carbocycles. The van der Waals surface area contributed by atoms with E-state index in [1.165, 1.54) is 11.8 Å². The fraction of sp³-hybridized carbons (Fsp3) is 0.143. The molecule has 5 heteroatoms. The molecule has 19 heavy (non-hydrogen) atoms. The summed E-state index contributed by atoms with van der Waals surface area (Å²) in [4.78, 5) is 16.4. The Morgan fingerprint density at radius 3 is 2.84 bits per heavy atom. The Kier molecular flexibility index (Phi) is 4.45. The average Bonchev–Trinajstić information content (AvgIpc) is 2.43. The number of hydrogen-bond donors (Lipinski definition) is 1. The molecule has 0 unspecified atom stereocenters. The van der Waals surface area contributed by atoms with Crippen LogP contribution in [-0.2, 0) is 0 Å². The Morgan fingerprint density at radius 2 is 2.11 bits per heavy atom. The molecule has 1 aromatic heterocycles.